The molecular weight excluding hydrogens is 490 g/mol. The molecule has 0 bridgehead atoms. The largest absolute Gasteiger partial charge is 0.481 e. The maximum Gasteiger partial charge on any atom is 0.416 e. The molecule has 2 aromatic heterocycles. The summed E-state index contributed by atoms with van der Waals surface area (Å²) in [5, 5.41) is 3.61. The Labute approximate surface area is 212 Å². The van der Waals surface area contributed by atoms with Crippen molar-refractivity contribution in [3.05, 3.63) is 52.3 Å². The van der Waals surface area contributed by atoms with Crippen LogP contribution in [0.3, 0.4) is 0 Å². The van der Waals surface area contributed by atoms with Gasteiger partial charge in [-0.2, -0.15) is 18.2 Å². The number of amides is 1. The number of anilines is 1. The van der Waals surface area contributed by atoms with Crippen molar-refractivity contribution in [3.8, 4) is 5.88 Å². The van der Waals surface area contributed by atoms with E-state index in [1.807, 2.05) is 0 Å². The molecule has 1 aromatic carbocycles. The van der Waals surface area contributed by atoms with E-state index in [1.165, 1.54) is 27.0 Å². The summed E-state index contributed by atoms with van der Waals surface area (Å²) < 4.78 is 62.0. The van der Waals surface area contributed by atoms with Crippen molar-refractivity contribution in [2.45, 2.75) is 58.4 Å². The number of carbonyl (C=O) groups is 1. The van der Waals surface area contributed by atoms with E-state index in [1.54, 1.807) is 30.9 Å². The molecule has 1 aliphatic heterocycles. The first-order chi connectivity index (χ1) is 17.3. The quantitative estimate of drug-likeness (QED) is 0.439. The predicted octanol–water partition coefficient (Wildman–Crippen LogP) is 5.65. The van der Waals surface area contributed by atoms with Gasteiger partial charge in [0.25, 0.3) is 0 Å². The van der Waals surface area contributed by atoms with E-state index in [9.17, 15) is 18.0 Å². The summed E-state index contributed by atoms with van der Waals surface area (Å²) >= 11 is 0. The summed E-state index contributed by atoms with van der Waals surface area (Å²) in [6.07, 6.45) is -4.32. The molecular formula is C26H29F4N5O2. The molecule has 0 unspecified atom stereocenters. The number of piperidine rings is 1. The van der Waals surface area contributed by atoms with Crippen LogP contribution in [0.5, 0.6) is 5.88 Å². The maximum absolute atomic E-state index is 16.2. The van der Waals surface area contributed by atoms with Crippen molar-refractivity contribution in [2.75, 3.05) is 25.5 Å². The van der Waals surface area contributed by atoms with Gasteiger partial charge in [-0.25, -0.2) is 14.4 Å². The van der Waals surface area contributed by atoms with Crippen molar-refractivity contribution < 1.29 is 27.1 Å². The molecule has 37 heavy (non-hydrogen) atoms. The number of rotatable bonds is 5. The van der Waals surface area contributed by atoms with Gasteiger partial charge in [0, 0.05) is 32.9 Å². The second kappa shape index (κ2) is 9.75. The Balaban J connectivity index is 1.76. The number of hydrogen-bond donors (Lipinski definition) is 1. The fourth-order valence-electron chi connectivity index (χ4n) is 4.89. The molecule has 1 aliphatic rings. The van der Waals surface area contributed by atoms with Crippen molar-refractivity contribution in [3.63, 3.8) is 0 Å². The lowest BCUT2D eigenvalue weighted by Gasteiger charge is -2.36. The number of benzene rings is 1. The molecule has 1 amide bonds. The summed E-state index contributed by atoms with van der Waals surface area (Å²) in [6, 6.07) is 5.10. The first-order valence-electron chi connectivity index (χ1n) is 12.0. The van der Waals surface area contributed by atoms with Gasteiger partial charge < -0.3 is 15.0 Å². The highest BCUT2D eigenvalue weighted by molar-refractivity contribution is 5.88. The van der Waals surface area contributed by atoms with Crippen molar-refractivity contribution in [1.82, 2.24) is 19.9 Å². The summed E-state index contributed by atoms with van der Waals surface area (Å²) in [5.41, 5.74) is -1.42. The number of carbonyl (C=O) groups excluding carboxylic acids is 1. The van der Waals surface area contributed by atoms with Crippen LogP contribution in [-0.4, -0.2) is 46.0 Å². The van der Waals surface area contributed by atoms with Crippen LogP contribution in [0, 0.1) is 13.8 Å². The summed E-state index contributed by atoms with van der Waals surface area (Å²) in [6.45, 7) is 6.81. The number of hydrogen-bond acceptors (Lipinski definition) is 6. The zero-order valence-electron chi connectivity index (χ0n) is 21.3. The fourth-order valence-corrected chi connectivity index (χ4v) is 4.89. The Morgan fingerprint density at radius 2 is 1.84 bits per heavy atom. The van der Waals surface area contributed by atoms with Gasteiger partial charge in [0.05, 0.1) is 29.7 Å². The topological polar surface area (TPSA) is 80.2 Å². The minimum Gasteiger partial charge on any atom is -0.481 e. The molecule has 3 heterocycles. The smallest absolute Gasteiger partial charge is 0.416 e. The van der Waals surface area contributed by atoms with Crippen LogP contribution < -0.4 is 10.1 Å². The molecule has 1 N–H and O–H groups in total. The number of halogens is 4. The first kappa shape index (κ1) is 26.6. The fraction of sp³-hybridized carbons (Fsp3) is 0.462. The van der Waals surface area contributed by atoms with Gasteiger partial charge in [-0.15, -0.1) is 0 Å². The van der Waals surface area contributed by atoms with E-state index in [0.29, 0.717) is 22.6 Å². The van der Waals surface area contributed by atoms with Gasteiger partial charge in [-0.1, -0.05) is 12.1 Å². The highest BCUT2D eigenvalue weighted by atomic mass is 19.4. The van der Waals surface area contributed by atoms with Crippen LogP contribution >= 0.6 is 0 Å². The zero-order valence-corrected chi connectivity index (χ0v) is 21.3. The molecule has 3 aromatic rings. The Morgan fingerprint density at radius 1 is 1.16 bits per heavy atom. The molecule has 7 nitrogen and oxygen atoms in total. The van der Waals surface area contributed by atoms with Crippen LogP contribution in [-0.2, 0) is 16.6 Å². The minimum atomic E-state index is -4.47. The van der Waals surface area contributed by atoms with Gasteiger partial charge in [-0.3, -0.25) is 4.79 Å². The predicted molar refractivity (Wildman–Crippen MR) is 131 cm³/mol. The normalized spacial score (nSPS) is 16.5. The third-order valence-electron chi connectivity index (χ3n) is 6.94. The van der Waals surface area contributed by atoms with E-state index in [-0.39, 0.29) is 54.5 Å². The Kier molecular flexibility index (Phi) is 7.00. The Bertz CT molecular complexity index is 1340. The molecule has 0 aliphatic carbocycles. The first-order valence-corrected chi connectivity index (χ1v) is 12.0. The van der Waals surface area contributed by atoms with E-state index in [2.05, 4.69) is 20.3 Å². The molecule has 0 radical (unpaired) electrons. The molecule has 1 atom stereocenters. The number of aromatic nitrogens is 3. The molecule has 0 spiro atoms. The van der Waals surface area contributed by atoms with E-state index >= 15 is 4.39 Å². The number of pyridine rings is 1. The number of likely N-dealkylation sites (tertiary alicyclic amines) is 1. The summed E-state index contributed by atoms with van der Waals surface area (Å²) in [4.78, 5) is 26.6. The summed E-state index contributed by atoms with van der Waals surface area (Å²) in [7, 11) is 1.40. The van der Waals surface area contributed by atoms with E-state index in [4.69, 9.17) is 4.74 Å². The van der Waals surface area contributed by atoms with Crippen molar-refractivity contribution in [2.24, 2.45) is 0 Å². The lowest BCUT2D eigenvalue weighted by Crippen LogP contribution is -2.42. The van der Waals surface area contributed by atoms with E-state index in [0.717, 1.165) is 6.07 Å². The SMILES string of the molecule is COc1nc2nc(C)nc(N[C@H](C)c3cccc(C(F)(F)F)c3C)c2cc1C1(F)CCN(C(C)=O)CC1. The minimum absolute atomic E-state index is 0.0748. The van der Waals surface area contributed by atoms with Crippen LogP contribution in [0.15, 0.2) is 24.3 Å². The number of fused-ring (bicyclic) bond motifs is 1. The molecule has 1 fully saturated rings. The number of nitrogens with one attached hydrogen (secondary N) is 1. The number of aryl methyl sites for hydroxylation is 1. The molecule has 198 valence electrons. The van der Waals surface area contributed by atoms with Gasteiger partial charge in [-0.05, 0) is 44.0 Å². The number of methoxy groups -OCH3 is 1. The molecule has 4 rings (SSSR count). The van der Waals surface area contributed by atoms with Crippen LogP contribution in [0.1, 0.15) is 60.8 Å². The lowest BCUT2D eigenvalue weighted by atomic mass is 9.86. The van der Waals surface area contributed by atoms with Crippen LogP contribution in [0.2, 0.25) is 0 Å². The van der Waals surface area contributed by atoms with Crippen molar-refractivity contribution in [1.29, 1.82) is 0 Å². The van der Waals surface area contributed by atoms with Crippen LogP contribution in [0.25, 0.3) is 11.0 Å². The number of nitrogens with zero attached hydrogens (tertiary/aromatic N) is 4. The third kappa shape index (κ3) is 5.17. The van der Waals surface area contributed by atoms with Crippen LogP contribution in [0.4, 0.5) is 23.4 Å². The molecule has 1 saturated heterocycles. The van der Waals surface area contributed by atoms with Gasteiger partial charge in [0.1, 0.15) is 17.3 Å². The second-order valence-corrected chi connectivity index (χ2v) is 9.39. The highest BCUT2D eigenvalue weighted by Gasteiger charge is 2.40. The van der Waals surface area contributed by atoms with Crippen molar-refractivity contribution >= 4 is 22.8 Å². The standard InChI is InChI=1S/C26H29F4N5O2/c1-14-18(7-6-8-20(14)26(28,29)30)15(2)31-22-19-13-21(24(37-5)34-23(19)33-16(3)32-22)25(27)9-11-35(12-10-25)17(4)36/h6-8,13,15H,9-12H2,1-5H3,(H,31,32,33,34)/t15-/m1/s1. The molecule has 11 heteroatoms. The molecule has 0 saturated carbocycles. The monoisotopic (exact) mass is 519 g/mol. The third-order valence-corrected chi connectivity index (χ3v) is 6.94. The lowest BCUT2D eigenvalue weighted by molar-refractivity contribution is -0.138. The van der Waals surface area contributed by atoms with Gasteiger partial charge in [0.2, 0.25) is 11.8 Å². The maximum atomic E-state index is 16.2. The Morgan fingerprint density at radius 3 is 2.43 bits per heavy atom. The highest BCUT2D eigenvalue weighted by Crippen LogP contribution is 2.43. The number of ether oxygens (including phenoxy) is 1. The second-order valence-electron chi connectivity index (χ2n) is 9.39. The van der Waals surface area contributed by atoms with Gasteiger partial charge >= 0.3 is 6.18 Å². The summed E-state index contributed by atoms with van der Waals surface area (Å²) in [5.74, 6) is 0.694. The van der Waals surface area contributed by atoms with E-state index < -0.39 is 23.5 Å². The average molecular weight is 520 g/mol. The van der Waals surface area contributed by atoms with Gasteiger partial charge in [0.15, 0.2) is 5.65 Å². The zero-order chi connectivity index (χ0) is 27.1. The average Bonchev–Trinajstić information content (AvgIpc) is 2.82. The number of alkyl halides is 4. The Hall–Kier alpha value is -3.50.